The van der Waals surface area contributed by atoms with Crippen molar-refractivity contribution in [1.29, 1.82) is 0 Å². The van der Waals surface area contributed by atoms with Crippen LogP contribution in [0.4, 0.5) is 17.6 Å². The van der Waals surface area contributed by atoms with Crippen LogP contribution in [0.1, 0.15) is 17.2 Å². The van der Waals surface area contributed by atoms with Gasteiger partial charge in [0, 0.05) is 18.6 Å². The summed E-state index contributed by atoms with van der Waals surface area (Å²) in [5, 5.41) is 9.63. The summed E-state index contributed by atoms with van der Waals surface area (Å²) in [6.07, 6.45) is -1.90. The van der Waals surface area contributed by atoms with E-state index in [0.29, 0.717) is 12.1 Å². The fraction of sp³-hybridized carbons (Fsp3) is 0.143. The molecule has 2 aromatic carbocycles. The van der Waals surface area contributed by atoms with Gasteiger partial charge in [0.25, 0.3) is 0 Å². The summed E-state index contributed by atoms with van der Waals surface area (Å²) in [5.41, 5.74) is -0.478. The Labute approximate surface area is 117 Å². The van der Waals surface area contributed by atoms with Crippen LogP contribution in [0.15, 0.2) is 30.3 Å². The Bertz CT molecular complexity index is 622. The van der Waals surface area contributed by atoms with Crippen molar-refractivity contribution in [3.8, 4) is 0 Å². The monoisotopic (exact) mass is 304 g/mol. The Hall–Kier alpha value is -1.59. The molecule has 0 fully saturated rings. The maximum absolute atomic E-state index is 13.5. The van der Waals surface area contributed by atoms with Gasteiger partial charge in [-0.25, -0.2) is 17.6 Å². The molecule has 0 saturated carbocycles. The van der Waals surface area contributed by atoms with Gasteiger partial charge < -0.3 is 5.11 Å². The van der Waals surface area contributed by atoms with Crippen LogP contribution in [-0.2, 0) is 6.42 Å². The second-order valence-corrected chi connectivity index (χ2v) is 4.59. The van der Waals surface area contributed by atoms with E-state index in [4.69, 9.17) is 11.6 Å². The molecule has 6 heteroatoms. The third-order valence-electron chi connectivity index (χ3n) is 2.82. The molecule has 1 unspecified atom stereocenters. The van der Waals surface area contributed by atoms with E-state index in [-0.39, 0.29) is 17.0 Å². The van der Waals surface area contributed by atoms with Crippen LogP contribution in [0.3, 0.4) is 0 Å². The van der Waals surface area contributed by atoms with Gasteiger partial charge in [-0.1, -0.05) is 23.7 Å². The molecule has 2 rings (SSSR count). The average Bonchev–Trinajstić information content (AvgIpc) is 2.33. The first-order valence-electron chi connectivity index (χ1n) is 5.65. The summed E-state index contributed by atoms with van der Waals surface area (Å²) in [7, 11) is 0. The highest BCUT2D eigenvalue weighted by molar-refractivity contribution is 6.31. The summed E-state index contributed by atoms with van der Waals surface area (Å²) in [5.74, 6) is -4.19. The lowest BCUT2D eigenvalue weighted by Crippen LogP contribution is -2.08. The van der Waals surface area contributed by atoms with E-state index >= 15 is 0 Å². The van der Waals surface area contributed by atoms with Crippen LogP contribution in [0.25, 0.3) is 0 Å². The number of hydrogen-bond acceptors (Lipinski definition) is 1. The van der Waals surface area contributed by atoms with Gasteiger partial charge in [0.15, 0.2) is 0 Å². The molecule has 106 valence electrons. The van der Waals surface area contributed by atoms with Gasteiger partial charge in [0.05, 0.1) is 16.7 Å². The zero-order valence-electron chi connectivity index (χ0n) is 10.0. The van der Waals surface area contributed by atoms with Crippen molar-refractivity contribution >= 4 is 11.6 Å². The number of benzene rings is 2. The molecule has 20 heavy (non-hydrogen) atoms. The Morgan fingerprint density at radius 2 is 1.60 bits per heavy atom. The third kappa shape index (κ3) is 2.94. The molecule has 0 bridgehead atoms. The zero-order valence-corrected chi connectivity index (χ0v) is 10.8. The van der Waals surface area contributed by atoms with Crippen LogP contribution in [0.2, 0.25) is 5.02 Å². The van der Waals surface area contributed by atoms with E-state index < -0.39 is 34.9 Å². The van der Waals surface area contributed by atoms with E-state index in [1.54, 1.807) is 0 Å². The fourth-order valence-corrected chi connectivity index (χ4v) is 2.09. The lowest BCUT2D eigenvalue weighted by molar-refractivity contribution is 0.168. The summed E-state index contributed by atoms with van der Waals surface area (Å²) >= 11 is 5.70. The standard InChI is InChI=1S/C14H9ClF4O/c15-14-7(2-1-3-9(14)17)4-12(20)13-10(18)5-8(16)6-11(13)19/h1-3,5-6,12,20H,4H2. The number of rotatable bonds is 3. The largest absolute Gasteiger partial charge is 0.388 e. The predicted octanol–water partition coefficient (Wildman–Crippen LogP) is 4.17. The van der Waals surface area contributed by atoms with Gasteiger partial charge in [-0.05, 0) is 11.6 Å². The van der Waals surface area contributed by atoms with Crippen molar-refractivity contribution in [3.63, 3.8) is 0 Å². The van der Waals surface area contributed by atoms with Crippen LogP contribution >= 0.6 is 11.6 Å². The summed E-state index contributed by atoms with van der Waals surface area (Å²) < 4.78 is 53.0. The predicted molar refractivity (Wildman–Crippen MR) is 66.4 cm³/mol. The number of hydrogen-bond donors (Lipinski definition) is 1. The molecule has 0 aliphatic heterocycles. The minimum Gasteiger partial charge on any atom is -0.388 e. The van der Waals surface area contributed by atoms with Gasteiger partial charge in [0.1, 0.15) is 23.3 Å². The van der Waals surface area contributed by atoms with Crippen molar-refractivity contribution in [1.82, 2.24) is 0 Å². The van der Waals surface area contributed by atoms with Crippen molar-refractivity contribution in [2.24, 2.45) is 0 Å². The Balaban J connectivity index is 2.33. The Kier molecular flexibility index (Phi) is 4.30. The number of aliphatic hydroxyl groups is 1. The molecule has 0 heterocycles. The molecule has 0 radical (unpaired) electrons. The first-order chi connectivity index (χ1) is 9.40. The van der Waals surface area contributed by atoms with Gasteiger partial charge in [0.2, 0.25) is 0 Å². The van der Waals surface area contributed by atoms with Gasteiger partial charge in [-0.3, -0.25) is 0 Å². The average molecular weight is 305 g/mol. The lowest BCUT2D eigenvalue weighted by Gasteiger charge is -2.14. The van der Waals surface area contributed by atoms with Crippen molar-refractivity contribution < 1.29 is 22.7 Å². The van der Waals surface area contributed by atoms with Crippen molar-refractivity contribution in [3.05, 3.63) is 69.8 Å². The highest BCUT2D eigenvalue weighted by atomic mass is 35.5. The van der Waals surface area contributed by atoms with Crippen molar-refractivity contribution in [2.45, 2.75) is 12.5 Å². The van der Waals surface area contributed by atoms with E-state index in [1.807, 2.05) is 0 Å². The van der Waals surface area contributed by atoms with E-state index in [1.165, 1.54) is 12.1 Å². The molecule has 1 N–H and O–H groups in total. The molecule has 0 aliphatic rings. The minimum absolute atomic E-state index is 0.197. The smallest absolute Gasteiger partial charge is 0.142 e. The minimum atomic E-state index is -1.60. The first kappa shape index (κ1) is 14.8. The second-order valence-electron chi connectivity index (χ2n) is 4.22. The summed E-state index contributed by atoms with van der Waals surface area (Å²) in [6.45, 7) is 0. The topological polar surface area (TPSA) is 20.2 Å². The molecule has 0 aliphatic carbocycles. The molecule has 1 nitrogen and oxygen atoms in total. The molecule has 2 aromatic rings. The van der Waals surface area contributed by atoms with Crippen LogP contribution in [0.5, 0.6) is 0 Å². The Morgan fingerprint density at radius 3 is 2.20 bits per heavy atom. The summed E-state index contributed by atoms with van der Waals surface area (Å²) in [6, 6.07) is 4.84. The van der Waals surface area contributed by atoms with Crippen LogP contribution in [-0.4, -0.2) is 5.11 Å². The normalized spacial score (nSPS) is 12.5. The molecule has 0 saturated heterocycles. The van der Waals surface area contributed by atoms with Crippen LogP contribution < -0.4 is 0 Å². The lowest BCUT2D eigenvalue weighted by atomic mass is 10.00. The van der Waals surface area contributed by atoms with Crippen molar-refractivity contribution in [2.75, 3.05) is 0 Å². The maximum Gasteiger partial charge on any atom is 0.142 e. The maximum atomic E-state index is 13.5. The number of halogens is 5. The molecule has 0 amide bonds. The molecular weight excluding hydrogens is 296 g/mol. The first-order valence-corrected chi connectivity index (χ1v) is 6.03. The Morgan fingerprint density at radius 1 is 1.00 bits per heavy atom. The zero-order chi connectivity index (χ0) is 14.9. The van der Waals surface area contributed by atoms with Crippen LogP contribution in [0, 0.1) is 23.3 Å². The van der Waals surface area contributed by atoms with E-state index in [2.05, 4.69) is 0 Å². The third-order valence-corrected chi connectivity index (χ3v) is 3.25. The van der Waals surface area contributed by atoms with Gasteiger partial charge >= 0.3 is 0 Å². The summed E-state index contributed by atoms with van der Waals surface area (Å²) in [4.78, 5) is 0. The SMILES string of the molecule is OC(Cc1cccc(F)c1Cl)c1c(F)cc(F)cc1F. The molecular formula is C14H9ClF4O. The molecule has 1 atom stereocenters. The second kappa shape index (κ2) is 5.81. The van der Waals surface area contributed by atoms with E-state index in [0.717, 1.165) is 6.07 Å². The highest BCUT2D eigenvalue weighted by Gasteiger charge is 2.21. The van der Waals surface area contributed by atoms with Gasteiger partial charge in [-0.15, -0.1) is 0 Å². The fourth-order valence-electron chi connectivity index (χ4n) is 1.89. The van der Waals surface area contributed by atoms with Gasteiger partial charge in [-0.2, -0.15) is 0 Å². The molecule has 0 spiro atoms. The van der Waals surface area contributed by atoms with E-state index in [9.17, 15) is 22.7 Å². The highest BCUT2D eigenvalue weighted by Crippen LogP contribution is 2.28. The quantitative estimate of drug-likeness (QED) is 0.844. The number of aliphatic hydroxyl groups excluding tert-OH is 1. The molecule has 0 aromatic heterocycles.